The van der Waals surface area contributed by atoms with Gasteiger partial charge in [0.05, 0.1) is 12.7 Å². The molecule has 1 saturated heterocycles. The van der Waals surface area contributed by atoms with E-state index in [1.54, 1.807) is 15.9 Å². The van der Waals surface area contributed by atoms with E-state index in [1.807, 2.05) is 54.8 Å². The van der Waals surface area contributed by atoms with Crippen LogP contribution in [0, 0.1) is 0 Å². The van der Waals surface area contributed by atoms with E-state index in [0.717, 1.165) is 15.6 Å². The van der Waals surface area contributed by atoms with Gasteiger partial charge in [-0.2, -0.15) is 0 Å². The van der Waals surface area contributed by atoms with Crippen LogP contribution in [-0.4, -0.2) is 53.3 Å². The number of ether oxygens (including phenoxy) is 1. The summed E-state index contributed by atoms with van der Waals surface area (Å²) in [4.78, 5) is 42.3. The van der Waals surface area contributed by atoms with Gasteiger partial charge in [0, 0.05) is 46.5 Å². The first-order valence-corrected chi connectivity index (χ1v) is 12.5. The molecule has 2 amide bonds. The number of likely N-dealkylation sites (tertiary alicyclic amines) is 1. The molecule has 3 aromatic rings. The number of hydrogen-bond acceptors (Lipinski definition) is 5. The van der Waals surface area contributed by atoms with Crippen molar-refractivity contribution in [3.05, 3.63) is 70.1 Å². The van der Waals surface area contributed by atoms with Gasteiger partial charge in [0.25, 0.3) is 5.91 Å². The molecule has 2 aromatic carbocycles. The summed E-state index contributed by atoms with van der Waals surface area (Å²) >= 11 is 7.68. The van der Waals surface area contributed by atoms with Crippen molar-refractivity contribution in [3.63, 3.8) is 0 Å². The fourth-order valence-corrected chi connectivity index (χ4v) is 5.51. The van der Waals surface area contributed by atoms with Gasteiger partial charge in [-0.3, -0.25) is 14.4 Å². The van der Waals surface area contributed by atoms with Crippen molar-refractivity contribution in [2.75, 3.05) is 20.2 Å². The zero-order chi connectivity index (χ0) is 24.3. The van der Waals surface area contributed by atoms with E-state index in [0.29, 0.717) is 43.1 Å². The third kappa shape index (κ3) is 4.81. The lowest BCUT2D eigenvalue weighted by Gasteiger charge is -2.51. The smallest absolute Gasteiger partial charge is 0.305 e. The van der Waals surface area contributed by atoms with E-state index in [-0.39, 0.29) is 24.2 Å². The third-order valence-electron chi connectivity index (χ3n) is 6.42. The Morgan fingerprint density at radius 3 is 2.68 bits per heavy atom. The molecular weight excluding hydrogens is 472 g/mol. The van der Waals surface area contributed by atoms with Gasteiger partial charge in [-0.1, -0.05) is 41.9 Å². The summed E-state index contributed by atoms with van der Waals surface area (Å²) in [6.45, 7) is 3.08. The SMILES string of the molecule is COC(=O)CCCN(Cc1cccc(Cl)c1)C(=O)C1(C)CCN1C(=O)c1csc2ccccc12. The quantitative estimate of drug-likeness (QED) is 0.403. The van der Waals surface area contributed by atoms with Crippen LogP contribution < -0.4 is 0 Å². The maximum Gasteiger partial charge on any atom is 0.305 e. The van der Waals surface area contributed by atoms with Crippen LogP contribution in [0.2, 0.25) is 5.02 Å². The molecule has 0 radical (unpaired) electrons. The van der Waals surface area contributed by atoms with E-state index < -0.39 is 5.54 Å². The number of carbonyl (C=O) groups is 3. The molecule has 0 aliphatic carbocycles. The highest BCUT2D eigenvalue weighted by molar-refractivity contribution is 7.17. The lowest BCUT2D eigenvalue weighted by atomic mass is 9.84. The Morgan fingerprint density at radius 2 is 1.97 bits per heavy atom. The highest BCUT2D eigenvalue weighted by atomic mass is 35.5. The zero-order valence-electron chi connectivity index (χ0n) is 19.3. The number of thiophene rings is 1. The van der Waals surface area contributed by atoms with Crippen molar-refractivity contribution in [1.82, 2.24) is 9.80 Å². The van der Waals surface area contributed by atoms with Crippen LogP contribution in [0.3, 0.4) is 0 Å². The van der Waals surface area contributed by atoms with Gasteiger partial charge in [0.15, 0.2) is 0 Å². The molecule has 178 valence electrons. The Hall–Kier alpha value is -2.90. The van der Waals surface area contributed by atoms with Crippen molar-refractivity contribution >= 4 is 50.8 Å². The minimum Gasteiger partial charge on any atom is -0.469 e. The highest BCUT2D eigenvalue weighted by Crippen LogP contribution is 2.37. The van der Waals surface area contributed by atoms with Crippen molar-refractivity contribution in [1.29, 1.82) is 0 Å². The number of rotatable bonds is 8. The average Bonchev–Trinajstić information content (AvgIpc) is 3.26. The first-order valence-electron chi connectivity index (χ1n) is 11.2. The molecule has 1 unspecified atom stereocenters. The summed E-state index contributed by atoms with van der Waals surface area (Å²) in [7, 11) is 1.35. The molecule has 1 aliphatic heterocycles. The standard InChI is InChI=1S/C26H27ClN2O4S/c1-26(12-14-29(26)24(31)21-17-34-22-10-4-3-9-20(21)22)25(32)28(13-6-11-23(30)33-2)16-18-7-5-8-19(27)15-18/h3-5,7-10,15,17H,6,11-14,16H2,1-2H3. The average molecular weight is 499 g/mol. The lowest BCUT2D eigenvalue weighted by molar-refractivity contribution is -0.150. The van der Waals surface area contributed by atoms with Crippen molar-refractivity contribution in [3.8, 4) is 0 Å². The Labute approximate surface area is 208 Å². The molecular formula is C26H27ClN2O4S. The van der Waals surface area contributed by atoms with Crippen LogP contribution in [0.1, 0.15) is 42.1 Å². The maximum atomic E-state index is 13.8. The predicted molar refractivity (Wildman–Crippen MR) is 134 cm³/mol. The minimum absolute atomic E-state index is 0.128. The number of halogens is 1. The number of hydrogen-bond donors (Lipinski definition) is 0. The minimum atomic E-state index is -0.941. The number of amides is 2. The number of fused-ring (bicyclic) bond motifs is 1. The summed E-state index contributed by atoms with van der Waals surface area (Å²) in [5, 5.41) is 3.37. The fourth-order valence-electron chi connectivity index (χ4n) is 4.36. The van der Waals surface area contributed by atoms with Gasteiger partial charge < -0.3 is 14.5 Å². The Morgan fingerprint density at radius 1 is 1.18 bits per heavy atom. The molecule has 6 nitrogen and oxygen atoms in total. The van der Waals surface area contributed by atoms with Gasteiger partial charge in [-0.25, -0.2) is 0 Å². The molecule has 1 aromatic heterocycles. The maximum absolute atomic E-state index is 13.8. The van der Waals surface area contributed by atoms with Crippen LogP contribution >= 0.6 is 22.9 Å². The van der Waals surface area contributed by atoms with Gasteiger partial charge in [-0.05, 0) is 43.5 Å². The molecule has 34 heavy (non-hydrogen) atoms. The van der Waals surface area contributed by atoms with Gasteiger partial charge in [0.1, 0.15) is 5.54 Å². The first kappa shape index (κ1) is 24.2. The van der Waals surface area contributed by atoms with E-state index in [4.69, 9.17) is 16.3 Å². The van der Waals surface area contributed by atoms with Crippen LogP contribution in [0.15, 0.2) is 53.9 Å². The molecule has 0 N–H and O–H groups in total. The normalized spacial score (nSPS) is 17.3. The van der Waals surface area contributed by atoms with E-state index in [9.17, 15) is 14.4 Å². The summed E-state index contributed by atoms with van der Waals surface area (Å²) in [6.07, 6.45) is 1.27. The Kier molecular flexibility index (Phi) is 7.24. The summed E-state index contributed by atoms with van der Waals surface area (Å²) in [5.41, 5.74) is 0.583. The van der Waals surface area contributed by atoms with Gasteiger partial charge in [-0.15, -0.1) is 11.3 Å². The predicted octanol–water partition coefficient (Wildman–Crippen LogP) is 5.14. The second-order valence-electron chi connectivity index (χ2n) is 8.66. The van der Waals surface area contributed by atoms with Gasteiger partial charge in [0.2, 0.25) is 5.91 Å². The van der Waals surface area contributed by atoms with E-state index >= 15 is 0 Å². The molecule has 2 heterocycles. The van der Waals surface area contributed by atoms with Crippen molar-refractivity contribution in [2.45, 2.75) is 38.3 Å². The van der Waals surface area contributed by atoms with Crippen molar-refractivity contribution < 1.29 is 19.1 Å². The summed E-state index contributed by atoms with van der Waals surface area (Å²) < 4.78 is 5.79. The molecule has 8 heteroatoms. The van der Waals surface area contributed by atoms with Crippen LogP contribution in [0.25, 0.3) is 10.1 Å². The highest BCUT2D eigenvalue weighted by Gasteiger charge is 2.51. The second kappa shape index (κ2) is 10.2. The Balaban J connectivity index is 1.56. The summed E-state index contributed by atoms with van der Waals surface area (Å²) in [5.74, 6) is -0.570. The van der Waals surface area contributed by atoms with Crippen LogP contribution in [-0.2, 0) is 20.9 Å². The molecule has 1 aliphatic rings. The number of nitrogens with zero attached hydrogens (tertiary/aromatic N) is 2. The van der Waals surface area contributed by atoms with Crippen molar-refractivity contribution in [2.24, 2.45) is 0 Å². The van der Waals surface area contributed by atoms with Gasteiger partial charge >= 0.3 is 5.97 Å². The molecule has 1 fully saturated rings. The van der Waals surface area contributed by atoms with Crippen LogP contribution in [0.4, 0.5) is 0 Å². The topological polar surface area (TPSA) is 66.9 Å². The molecule has 0 bridgehead atoms. The first-order chi connectivity index (χ1) is 16.3. The number of benzene rings is 2. The van der Waals surface area contributed by atoms with Crippen LogP contribution in [0.5, 0.6) is 0 Å². The lowest BCUT2D eigenvalue weighted by Crippen LogP contribution is -2.67. The Bertz CT molecular complexity index is 1230. The summed E-state index contributed by atoms with van der Waals surface area (Å²) in [6, 6.07) is 15.2. The molecule has 1 atom stereocenters. The monoisotopic (exact) mass is 498 g/mol. The third-order valence-corrected chi connectivity index (χ3v) is 7.62. The zero-order valence-corrected chi connectivity index (χ0v) is 20.8. The fraction of sp³-hybridized carbons (Fsp3) is 0.346. The second-order valence-corrected chi connectivity index (χ2v) is 10.0. The number of carbonyl (C=O) groups excluding carboxylic acids is 3. The van der Waals surface area contributed by atoms with E-state index in [2.05, 4.69) is 0 Å². The molecule has 0 saturated carbocycles. The molecule has 0 spiro atoms. The number of methoxy groups -OCH3 is 1. The van der Waals surface area contributed by atoms with E-state index in [1.165, 1.54) is 18.4 Å². The largest absolute Gasteiger partial charge is 0.469 e. The molecule has 4 rings (SSSR count). The number of esters is 1.